The average molecular weight is 419 g/mol. The summed E-state index contributed by atoms with van der Waals surface area (Å²) in [4.78, 5) is 28.4. The Balaban J connectivity index is 2.00. The molecule has 26 heavy (non-hydrogen) atoms. The zero-order valence-electron chi connectivity index (χ0n) is 14.5. The second-order valence-corrected chi connectivity index (χ2v) is 7.60. The Hall–Kier alpha value is -2.35. The predicted octanol–water partition coefficient (Wildman–Crippen LogP) is 3.10. The van der Waals surface area contributed by atoms with Crippen LogP contribution in [0.4, 0.5) is 4.79 Å². The SMILES string of the molecule is Cc1c(Br)ccc2c3c(nc(CCNC(=O)O)n3C)c(=O)n(C3CC3)c12. The Bertz CT molecular complexity index is 1110. The highest BCUT2D eigenvalue weighted by Gasteiger charge is 2.29. The van der Waals surface area contributed by atoms with Crippen LogP contribution in [0.1, 0.15) is 30.3 Å². The number of aryl methyl sites for hydroxylation is 2. The summed E-state index contributed by atoms with van der Waals surface area (Å²) < 4.78 is 4.78. The lowest BCUT2D eigenvalue weighted by molar-refractivity contribution is 0.194. The summed E-state index contributed by atoms with van der Waals surface area (Å²) in [6.07, 6.45) is 1.38. The van der Waals surface area contributed by atoms with Crippen molar-refractivity contribution in [3.63, 3.8) is 0 Å². The fraction of sp³-hybridized carbons (Fsp3) is 0.389. The molecule has 0 spiro atoms. The third-order valence-electron chi connectivity index (χ3n) is 5.01. The number of imidazole rings is 1. The number of hydrogen-bond acceptors (Lipinski definition) is 3. The van der Waals surface area contributed by atoms with Gasteiger partial charge in [0.1, 0.15) is 5.82 Å². The molecule has 0 saturated heterocycles. The number of halogens is 1. The number of rotatable bonds is 4. The maximum absolute atomic E-state index is 13.2. The molecule has 136 valence electrons. The van der Waals surface area contributed by atoms with Gasteiger partial charge < -0.3 is 19.6 Å². The molecule has 0 aliphatic heterocycles. The van der Waals surface area contributed by atoms with Gasteiger partial charge in [0.25, 0.3) is 5.56 Å². The van der Waals surface area contributed by atoms with E-state index in [1.165, 1.54) is 0 Å². The van der Waals surface area contributed by atoms with Crippen molar-refractivity contribution in [2.75, 3.05) is 6.54 Å². The minimum absolute atomic E-state index is 0.0655. The monoisotopic (exact) mass is 418 g/mol. The number of fused-ring (bicyclic) bond motifs is 3. The van der Waals surface area contributed by atoms with Gasteiger partial charge in [0.05, 0.1) is 11.0 Å². The number of aromatic nitrogens is 3. The Morgan fingerprint density at radius 2 is 2.12 bits per heavy atom. The van der Waals surface area contributed by atoms with Gasteiger partial charge in [-0.05, 0) is 37.5 Å². The third-order valence-corrected chi connectivity index (χ3v) is 5.87. The highest BCUT2D eigenvalue weighted by Crippen LogP contribution is 2.39. The van der Waals surface area contributed by atoms with Crippen molar-refractivity contribution in [2.24, 2.45) is 7.05 Å². The van der Waals surface area contributed by atoms with Crippen LogP contribution in [0.3, 0.4) is 0 Å². The number of nitrogens with one attached hydrogen (secondary N) is 1. The molecule has 4 rings (SSSR count). The van der Waals surface area contributed by atoms with Gasteiger partial charge in [0, 0.05) is 35.9 Å². The lowest BCUT2D eigenvalue weighted by Crippen LogP contribution is -2.24. The highest BCUT2D eigenvalue weighted by atomic mass is 79.9. The second kappa shape index (κ2) is 6.12. The Morgan fingerprint density at radius 3 is 2.77 bits per heavy atom. The fourth-order valence-electron chi connectivity index (χ4n) is 3.58. The molecular weight excluding hydrogens is 400 g/mol. The number of benzene rings is 1. The molecule has 2 heterocycles. The van der Waals surface area contributed by atoms with Crippen molar-refractivity contribution >= 4 is 44.0 Å². The van der Waals surface area contributed by atoms with E-state index in [-0.39, 0.29) is 18.1 Å². The summed E-state index contributed by atoms with van der Waals surface area (Å²) in [6, 6.07) is 4.26. The van der Waals surface area contributed by atoms with Crippen molar-refractivity contribution in [3.05, 3.63) is 38.3 Å². The Morgan fingerprint density at radius 1 is 1.38 bits per heavy atom. The second-order valence-electron chi connectivity index (χ2n) is 6.74. The summed E-state index contributed by atoms with van der Waals surface area (Å²) in [5.74, 6) is 0.696. The molecule has 1 aromatic carbocycles. The zero-order valence-corrected chi connectivity index (χ0v) is 16.1. The molecule has 1 fully saturated rings. The summed E-state index contributed by atoms with van der Waals surface area (Å²) in [6.45, 7) is 2.27. The average Bonchev–Trinajstić information content (AvgIpc) is 3.37. The molecule has 0 unspecified atom stereocenters. The van der Waals surface area contributed by atoms with E-state index in [1.54, 1.807) is 0 Å². The van der Waals surface area contributed by atoms with Crippen LogP contribution in [0.15, 0.2) is 21.4 Å². The maximum Gasteiger partial charge on any atom is 0.404 e. The number of amides is 1. The minimum Gasteiger partial charge on any atom is -0.465 e. The molecule has 1 amide bonds. The van der Waals surface area contributed by atoms with E-state index < -0.39 is 6.09 Å². The van der Waals surface area contributed by atoms with Gasteiger partial charge >= 0.3 is 6.09 Å². The molecule has 1 aliphatic carbocycles. The lowest BCUT2D eigenvalue weighted by atomic mass is 10.1. The molecule has 1 aliphatic rings. The first-order chi connectivity index (χ1) is 12.4. The third kappa shape index (κ3) is 2.59. The maximum atomic E-state index is 13.2. The number of carboxylic acid groups (broad SMARTS) is 1. The molecule has 1 saturated carbocycles. The molecule has 3 aromatic rings. The molecule has 8 heteroatoms. The van der Waals surface area contributed by atoms with Gasteiger partial charge in [-0.15, -0.1) is 0 Å². The molecule has 0 radical (unpaired) electrons. The molecule has 2 N–H and O–H groups in total. The van der Waals surface area contributed by atoms with Crippen molar-refractivity contribution < 1.29 is 9.90 Å². The van der Waals surface area contributed by atoms with Crippen molar-refractivity contribution in [1.82, 2.24) is 19.4 Å². The topological polar surface area (TPSA) is 89.2 Å². The van der Waals surface area contributed by atoms with E-state index >= 15 is 0 Å². The molecule has 0 atom stereocenters. The van der Waals surface area contributed by atoms with E-state index in [2.05, 4.69) is 26.2 Å². The van der Waals surface area contributed by atoms with Crippen LogP contribution in [0.25, 0.3) is 21.9 Å². The first kappa shape index (κ1) is 17.1. The Labute approximate surface area is 157 Å². The summed E-state index contributed by atoms with van der Waals surface area (Å²) in [7, 11) is 1.88. The van der Waals surface area contributed by atoms with Crippen molar-refractivity contribution in [2.45, 2.75) is 32.2 Å². The standard InChI is InChI=1S/C18H19BrN4O3/c1-9-12(19)6-5-11-15(9)23(10-3-4-10)17(24)14-16(11)22(2)13(21-14)7-8-20-18(25)26/h5-6,10,20H,3-4,7-8H2,1-2H3,(H,25,26). The number of carbonyl (C=O) groups is 1. The van der Waals surface area contributed by atoms with Crippen LogP contribution in [0.5, 0.6) is 0 Å². The molecule has 7 nitrogen and oxygen atoms in total. The van der Waals surface area contributed by atoms with E-state index in [9.17, 15) is 9.59 Å². The van der Waals surface area contributed by atoms with Crippen LogP contribution in [-0.4, -0.2) is 31.9 Å². The summed E-state index contributed by atoms with van der Waals surface area (Å²) in [5.41, 5.74) is 3.20. The number of pyridine rings is 1. The molecule has 0 bridgehead atoms. The Kier molecular flexibility index (Phi) is 4.02. The zero-order chi connectivity index (χ0) is 18.6. The number of nitrogens with zero attached hydrogens (tertiary/aromatic N) is 3. The van der Waals surface area contributed by atoms with E-state index in [0.717, 1.165) is 39.3 Å². The summed E-state index contributed by atoms with van der Waals surface area (Å²) >= 11 is 3.58. The van der Waals surface area contributed by atoms with Gasteiger partial charge in [-0.25, -0.2) is 9.78 Å². The van der Waals surface area contributed by atoms with Gasteiger partial charge in [-0.2, -0.15) is 0 Å². The van der Waals surface area contributed by atoms with Gasteiger partial charge in [-0.1, -0.05) is 15.9 Å². The van der Waals surface area contributed by atoms with Crippen molar-refractivity contribution in [3.8, 4) is 0 Å². The van der Waals surface area contributed by atoms with Crippen LogP contribution >= 0.6 is 15.9 Å². The van der Waals surface area contributed by atoms with Crippen LogP contribution in [0.2, 0.25) is 0 Å². The number of hydrogen-bond donors (Lipinski definition) is 2. The molecule has 2 aromatic heterocycles. The van der Waals surface area contributed by atoms with Gasteiger partial charge in [0.2, 0.25) is 0 Å². The quantitative estimate of drug-likeness (QED) is 0.680. The minimum atomic E-state index is -1.06. The van der Waals surface area contributed by atoms with Crippen LogP contribution in [-0.2, 0) is 13.5 Å². The van der Waals surface area contributed by atoms with E-state index in [0.29, 0.717) is 17.8 Å². The first-order valence-electron chi connectivity index (χ1n) is 8.55. The van der Waals surface area contributed by atoms with Crippen molar-refractivity contribution in [1.29, 1.82) is 0 Å². The normalized spacial score (nSPS) is 14.3. The smallest absolute Gasteiger partial charge is 0.404 e. The highest BCUT2D eigenvalue weighted by molar-refractivity contribution is 9.10. The predicted molar refractivity (Wildman–Crippen MR) is 103 cm³/mol. The largest absolute Gasteiger partial charge is 0.465 e. The molecular formula is C18H19BrN4O3. The van der Waals surface area contributed by atoms with E-state index in [1.807, 2.05) is 35.2 Å². The van der Waals surface area contributed by atoms with Crippen LogP contribution < -0.4 is 10.9 Å². The van der Waals surface area contributed by atoms with Crippen LogP contribution in [0, 0.1) is 6.92 Å². The van der Waals surface area contributed by atoms with Gasteiger partial charge in [-0.3, -0.25) is 4.79 Å². The fourth-order valence-corrected chi connectivity index (χ4v) is 3.90. The van der Waals surface area contributed by atoms with Gasteiger partial charge in [0.15, 0.2) is 5.52 Å². The summed E-state index contributed by atoms with van der Waals surface area (Å²) in [5, 5.41) is 12.1. The lowest BCUT2D eigenvalue weighted by Gasteiger charge is -2.14. The first-order valence-corrected chi connectivity index (χ1v) is 9.35. The van der Waals surface area contributed by atoms with E-state index in [4.69, 9.17) is 5.11 Å².